The van der Waals surface area contributed by atoms with Gasteiger partial charge in [-0.15, -0.1) is 0 Å². The third-order valence-corrected chi connectivity index (χ3v) is 9.29. The molecule has 0 unspecified atom stereocenters. The minimum atomic E-state index is -0.140. The predicted octanol–water partition coefficient (Wildman–Crippen LogP) is 4.39. The molecule has 0 saturated heterocycles. The van der Waals surface area contributed by atoms with E-state index < -0.39 is 0 Å². The van der Waals surface area contributed by atoms with Gasteiger partial charge in [0.25, 0.3) is 0 Å². The van der Waals surface area contributed by atoms with E-state index in [4.69, 9.17) is 0 Å². The van der Waals surface area contributed by atoms with Gasteiger partial charge in [0.05, 0.1) is 12.2 Å². The number of aliphatic hydroxyl groups excluding tert-OH is 2. The van der Waals surface area contributed by atoms with E-state index in [1.807, 2.05) is 6.92 Å². The van der Waals surface area contributed by atoms with Gasteiger partial charge in [-0.25, -0.2) is 0 Å². The van der Waals surface area contributed by atoms with E-state index in [0.29, 0.717) is 16.7 Å². The largest absolute Gasteiger partial charge is 0.393 e. The van der Waals surface area contributed by atoms with E-state index >= 15 is 0 Å². The summed E-state index contributed by atoms with van der Waals surface area (Å²) in [6.45, 7) is 7.08. The molecule has 4 fully saturated rings. The molecular weight excluding hydrogens is 284 g/mol. The number of rotatable bonds is 1. The van der Waals surface area contributed by atoms with E-state index in [1.54, 1.807) is 0 Å². The van der Waals surface area contributed by atoms with Crippen molar-refractivity contribution < 1.29 is 10.2 Å². The van der Waals surface area contributed by atoms with Gasteiger partial charge in [-0.1, -0.05) is 13.8 Å². The van der Waals surface area contributed by atoms with Crippen LogP contribution in [0.5, 0.6) is 0 Å². The van der Waals surface area contributed by atoms with Gasteiger partial charge in [0.1, 0.15) is 0 Å². The molecule has 2 N–H and O–H groups in total. The molecule has 0 aliphatic heterocycles. The maximum atomic E-state index is 10.3. The average molecular weight is 321 g/mol. The third kappa shape index (κ3) is 2.27. The SMILES string of the molecule is C[C@H](O)[C@@H]1CC[C@@H]2[C@H]3CC[C@H]4C[C@@H](O)CC[C@]4(C)[C@@H]3CC[C@]21C. The van der Waals surface area contributed by atoms with Crippen LogP contribution in [0.2, 0.25) is 0 Å². The van der Waals surface area contributed by atoms with Crippen molar-refractivity contribution in [2.45, 2.75) is 90.8 Å². The second-order valence-corrected chi connectivity index (χ2v) is 10.1. The summed E-state index contributed by atoms with van der Waals surface area (Å²) >= 11 is 0. The Morgan fingerprint density at radius 3 is 2.30 bits per heavy atom. The lowest BCUT2D eigenvalue weighted by atomic mass is 9.44. The predicted molar refractivity (Wildman–Crippen MR) is 92.9 cm³/mol. The van der Waals surface area contributed by atoms with E-state index in [0.717, 1.165) is 36.5 Å². The Morgan fingerprint density at radius 1 is 0.870 bits per heavy atom. The summed E-state index contributed by atoms with van der Waals surface area (Å²) in [5.74, 6) is 3.87. The second-order valence-electron chi connectivity index (χ2n) is 10.1. The van der Waals surface area contributed by atoms with Crippen LogP contribution in [-0.4, -0.2) is 22.4 Å². The molecule has 2 nitrogen and oxygen atoms in total. The van der Waals surface area contributed by atoms with Crippen LogP contribution in [0, 0.1) is 40.4 Å². The molecule has 0 heterocycles. The summed E-state index contributed by atoms with van der Waals surface area (Å²) in [7, 11) is 0. The van der Waals surface area contributed by atoms with Crippen LogP contribution < -0.4 is 0 Å². The summed E-state index contributed by atoms with van der Waals surface area (Å²) in [6, 6.07) is 0. The lowest BCUT2D eigenvalue weighted by Crippen LogP contribution is -2.54. The maximum Gasteiger partial charge on any atom is 0.0545 e. The lowest BCUT2D eigenvalue weighted by Gasteiger charge is -2.61. The molecule has 9 atom stereocenters. The Morgan fingerprint density at radius 2 is 1.57 bits per heavy atom. The van der Waals surface area contributed by atoms with Crippen molar-refractivity contribution in [2.75, 3.05) is 0 Å². The molecule has 132 valence electrons. The Labute approximate surface area is 142 Å². The Hall–Kier alpha value is -0.0800. The number of fused-ring (bicyclic) bond motifs is 5. The third-order valence-electron chi connectivity index (χ3n) is 9.29. The molecule has 0 aromatic heterocycles. The summed E-state index contributed by atoms with van der Waals surface area (Å²) in [5.41, 5.74) is 0.860. The summed E-state index contributed by atoms with van der Waals surface area (Å²) in [5, 5.41) is 20.4. The highest BCUT2D eigenvalue weighted by Gasteiger charge is 2.60. The number of aliphatic hydroxyl groups is 2. The van der Waals surface area contributed by atoms with Gasteiger partial charge in [0, 0.05) is 0 Å². The van der Waals surface area contributed by atoms with E-state index in [9.17, 15) is 10.2 Å². The molecule has 4 rings (SSSR count). The van der Waals surface area contributed by atoms with Gasteiger partial charge in [-0.05, 0) is 105 Å². The monoisotopic (exact) mass is 320 g/mol. The number of hydrogen-bond donors (Lipinski definition) is 2. The molecular formula is C21H36O2. The van der Waals surface area contributed by atoms with Crippen molar-refractivity contribution >= 4 is 0 Å². The quantitative estimate of drug-likeness (QED) is 0.752. The van der Waals surface area contributed by atoms with Gasteiger partial charge < -0.3 is 10.2 Å². The second kappa shape index (κ2) is 5.46. The standard InChI is InChI=1S/C21H36O2/c1-13(22)17-6-7-18-16-5-4-14-12-15(23)8-10-20(14,2)19(16)9-11-21(17,18)3/h13-19,22-23H,4-12H2,1-3H3/t13-,14-,15-,16+,17-,18+,19+,20-,21-/m0/s1. The van der Waals surface area contributed by atoms with E-state index in [-0.39, 0.29) is 12.2 Å². The van der Waals surface area contributed by atoms with Crippen molar-refractivity contribution in [2.24, 2.45) is 40.4 Å². The molecule has 23 heavy (non-hydrogen) atoms. The van der Waals surface area contributed by atoms with Gasteiger partial charge >= 0.3 is 0 Å². The fraction of sp³-hybridized carbons (Fsp3) is 1.00. The molecule has 0 aromatic rings. The van der Waals surface area contributed by atoms with Crippen LogP contribution in [0.1, 0.15) is 78.6 Å². The van der Waals surface area contributed by atoms with Crippen LogP contribution in [0.3, 0.4) is 0 Å². The smallest absolute Gasteiger partial charge is 0.0545 e. The van der Waals surface area contributed by atoms with E-state index in [2.05, 4.69) is 13.8 Å². The molecule has 0 radical (unpaired) electrons. The van der Waals surface area contributed by atoms with Crippen molar-refractivity contribution in [3.05, 3.63) is 0 Å². The molecule has 2 heteroatoms. The van der Waals surface area contributed by atoms with Crippen LogP contribution in [0.25, 0.3) is 0 Å². The van der Waals surface area contributed by atoms with Crippen molar-refractivity contribution in [1.29, 1.82) is 0 Å². The summed E-state index contributed by atoms with van der Waals surface area (Å²) < 4.78 is 0. The van der Waals surface area contributed by atoms with Crippen LogP contribution in [0.15, 0.2) is 0 Å². The van der Waals surface area contributed by atoms with Crippen LogP contribution in [0.4, 0.5) is 0 Å². The van der Waals surface area contributed by atoms with Crippen molar-refractivity contribution in [3.8, 4) is 0 Å². The van der Waals surface area contributed by atoms with Crippen molar-refractivity contribution in [1.82, 2.24) is 0 Å². The van der Waals surface area contributed by atoms with Crippen molar-refractivity contribution in [3.63, 3.8) is 0 Å². The fourth-order valence-electron chi connectivity index (χ4n) is 8.07. The lowest BCUT2D eigenvalue weighted by molar-refractivity contribution is -0.132. The molecule has 4 aliphatic rings. The highest BCUT2D eigenvalue weighted by molar-refractivity contribution is 5.09. The van der Waals surface area contributed by atoms with Crippen LogP contribution in [-0.2, 0) is 0 Å². The first kappa shape index (κ1) is 16.4. The first-order chi connectivity index (χ1) is 10.9. The highest BCUT2D eigenvalue weighted by atomic mass is 16.3. The topological polar surface area (TPSA) is 40.5 Å². The minimum Gasteiger partial charge on any atom is -0.393 e. The summed E-state index contributed by atoms with van der Waals surface area (Å²) in [6.07, 6.45) is 11.1. The Balaban J connectivity index is 1.60. The van der Waals surface area contributed by atoms with Crippen LogP contribution >= 0.6 is 0 Å². The van der Waals surface area contributed by atoms with E-state index in [1.165, 1.54) is 44.9 Å². The molecule has 0 bridgehead atoms. The molecule has 4 aliphatic carbocycles. The zero-order valence-electron chi connectivity index (χ0n) is 15.3. The van der Waals surface area contributed by atoms with Gasteiger partial charge in [0.2, 0.25) is 0 Å². The molecule has 4 saturated carbocycles. The first-order valence-corrected chi connectivity index (χ1v) is 10.2. The highest BCUT2D eigenvalue weighted by Crippen LogP contribution is 2.67. The Bertz CT molecular complexity index is 461. The molecule has 0 aromatic carbocycles. The van der Waals surface area contributed by atoms with Gasteiger partial charge in [-0.3, -0.25) is 0 Å². The maximum absolute atomic E-state index is 10.3. The molecule has 0 amide bonds. The number of hydrogen-bond acceptors (Lipinski definition) is 2. The zero-order chi connectivity index (χ0) is 16.4. The zero-order valence-corrected chi connectivity index (χ0v) is 15.3. The normalized spacial score (nSPS) is 57.3. The average Bonchev–Trinajstić information content (AvgIpc) is 2.85. The van der Waals surface area contributed by atoms with Gasteiger partial charge in [0.15, 0.2) is 0 Å². The summed E-state index contributed by atoms with van der Waals surface area (Å²) in [4.78, 5) is 0. The van der Waals surface area contributed by atoms with Gasteiger partial charge in [-0.2, -0.15) is 0 Å². The fourth-order valence-corrected chi connectivity index (χ4v) is 8.07. The first-order valence-electron chi connectivity index (χ1n) is 10.2. The Kier molecular flexibility index (Phi) is 3.89. The molecule has 0 spiro atoms. The minimum absolute atomic E-state index is 0.0374.